The van der Waals surface area contributed by atoms with E-state index in [9.17, 15) is 10.1 Å². The summed E-state index contributed by atoms with van der Waals surface area (Å²) in [6.45, 7) is 0. The van der Waals surface area contributed by atoms with Crippen molar-refractivity contribution in [1.29, 1.82) is 0 Å². The van der Waals surface area contributed by atoms with Gasteiger partial charge in [-0.15, -0.1) is 0 Å². The van der Waals surface area contributed by atoms with Crippen LogP contribution in [-0.4, -0.2) is 21.8 Å². The van der Waals surface area contributed by atoms with Gasteiger partial charge in [-0.3, -0.25) is 10.1 Å². The minimum Gasteiger partial charge on any atom is -0.497 e. The number of fused-ring (bicyclic) bond motifs is 1. The van der Waals surface area contributed by atoms with Crippen LogP contribution in [-0.2, 0) is 12.8 Å². The molecule has 1 aliphatic carbocycles. The number of nitrogen functional groups attached to an aromatic ring is 1. The van der Waals surface area contributed by atoms with Gasteiger partial charge in [0.25, 0.3) is 0 Å². The molecule has 0 fully saturated rings. The molecule has 1 atom stereocenters. The summed E-state index contributed by atoms with van der Waals surface area (Å²) in [6, 6.07) is 6.07. The highest BCUT2D eigenvalue weighted by Crippen LogP contribution is 2.34. The van der Waals surface area contributed by atoms with E-state index in [1.807, 2.05) is 12.1 Å². The molecule has 0 amide bonds. The molecule has 1 heterocycles. The SMILES string of the molecule is COc1ccc2c(c1)CC(n1ncc([N+](=O)[O-])c1N)CC2. The van der Waals surface area contributed by atoms with Gasteiger partial charge >= 0.3 is 5.69 Å². The number of benzene rings is 1. The lowest BCUT2D eigenvalue weighted by Crippen LogP contribution is -2.21. The number of anilines is 1. The van der Waals surface area contributed by atoms with E-state index in [4.69, 9.17) is 10.5 Å². The van der Waals surface area contributed by atoms with Crippen LogP contribution >= 0.6 is 0 Å². The Balaban J connectivity index is 1.90. The number of ether oxygens (including phenoxy) is 1. The Morgan fingerprint density at radius 3 is 2.95 bits per heavy atom. The fourth-order valence-corrected chi connectivity index (χ4v) is 2.84. The highest BCUT2D eigenvalue weighted by atomic mass is 16.6. The number of nitrogens with two attached hydrogens (primary N) is 1. The minimum atomic E-state index is -0.501. The van der Waals surface area contributed by atoms with E-state index in [1.54, 1.807) is 11.8 Å². The smallest absolute Gasteiger partial charge is 0.330 e. The summed E-state index contributed by atoms with van der Waals surface area (Å²) in [6.07, 6.45) is 3.73. The standard InChI is InChI=1S/C14H16N4O3/c1-21-12-5-3-9-2-4-11(6-10(9)7-12)17-14(15)13(8-16-17)18(19)20/h3,5,7-8,11H,2,4,6,15H2,1H3. The van der Waals surface area contributed by atoms with Crippen LogP contribution in [0.3, 0.4) is 0 Å². The van der Waals surface area contributed by atoms with Crippen molar-refractivity contribution in [3.05, 3.63) is 45.6 Å². The van der Waals surface area contributed by atoms with Crippen LogP contribution in [0.5, 0.6) is 5.75 Å². The van der Waals surface area contributed by atoms with E-state index in [-0.39, 0.29) is 17.5 Å². The van der Waals surface area contributed by atoms with Crippen LogP contribution in [0.1, 0.15) is 23.6 Å². The summed E-state index contributed by atoms with van der Waals surface area (Å²) >= 11 is 0. The minimum absolute atomic E-state index is 0.0401. The Bertz CT molecular complexity index is 696. The van der Waals surface area contributed by atoms with Gasteiger partial charge in [-0.1, -0.05) is 6.07 Å². The molecule has 110 valence electrons. The van der Waals surface area contributed by atoms with Gasteiger partial charge in [0.2, 0.25) is 5.82 Å². The largest absolute Gasteiger partial charge is 0.497 e. The van der Waals surface area contributed by atoms with Crippen LogP contribution in [0.4, 0.5) is 11.5 Å². The third-order valence-corrected chi connectivity index (χ3v) is 3.97. The van der Waals surface area contributed by atoms with Crippen molar-refractivity contribution in [1.82, 2.24) is 9.78 Å². The van der Waals surface area contributed by atoms with E-state index < -0.39 is 4.92 Å². The quantitative estimate of drug-likeness (QED) is 0.689. The van der Waals surface area contributed by atoms with Crippen LogP contribution in [0.2, 0.25) is 0 Å². The Morgan fingerprint density at radius 2 is 2.29 bits per heavy atom. The molecule has 0 spiro atoms. The molecule has 2 N–H and O–H groups in total. The molecule has 0 saturated carbocycles. The predicted octanol–water partition coefficient (Wildman–Crippen LogP) is 2.11. The Labute approximate surface area is 121 Å². The fraction of sp³-hybridized carbons (Fsp3) is 0.357. The van der Waals surface area contributed by atoms with Gasteiger partial charge in [-0.25, -0.2) is 4.68 Å². The van der Waals surface area contributed by atoms with Gasteiger partial charge in [0.15, 0.2) is 0 Å². The zero-order valence-corrected chi connectivity index (χ0v) is 11.7. The van der Waals surface area contributed by atoms with Crippen LogP contribution < -0.4 is 10.5 Å². The molecule has 1 aromatic carbocycles. The van der Waals surface area contributed by atoms with Crippen molar-refractivity contribution in [2.75, 3.05) is 12.8 Å². The molecule has 0 aliphatic heterocycles. The molecule has 1 unspecified atom stereocenters. The highest BCUT2D eigenvalue weighted by Gasteiger charge is 2.26. The predicted molar refractivity (Wildman–Crippen MR) is 77.3 cm³/mol. The number of aromatic nitrogens is 2. The van der Waals surface area contributed by atoms with Gasteiger partial charge in [-0.2, -0.15) is 5.10 Å². The van der Waals surface area contributed by atoms with Crippen LogP contribution in [0, 0.1) is 10.1 Å². The molecule has 7 nitrogen and oxygen atoms in total. The number of aryl methyl sites for hydroxylation is 1. The number of rotatable bonds is 3. The van der Waals surface area contributed by atoms with Crippen LogP contribution in [0.25, 0.3) is 0 Å². The summed E-state index contributed by atoms with van der Waals surface area (Å²) < 4.78 is 6.81. The second-order valence-electron chi connectivity index (χ2n) is 5.15. The normalized spacial score (nSPS) is 17.3. The molecule has 21 heavy (non-hydrogen) atoms. The number of nitro groups is 1. The van der Waals surface area contributed by atoms with Gasteiger partial charge in [0, 0.05) is 0 Å². The van der Waals surface area contributed by atoms with E-state index >= 15 is 0 Å². The number of nitrogens with zero attached hydrogens (tertiary/aromatic N) is 3. The Hall–Kier alpha value is -2.57. The third-order valence-electron chi connectivity index (χ3n) is 3.97. The molecule has 0 saturated heterocycles. The topological polar surface area (TPSA) is 96.2 Å². The molecule has 0 radical (unpaired) electrons. The highest BCUT2D eigenvalue weighted by molar-refractivity contribution is 5.51. The van der Waals surface area contributed by atoms with Crippen molar-refractivity contribution in [3.8, 4) is 5.75 Å². The zero-order chi connectivity index (χ0) is 15.0. The summed E-state index contributed by atoms with van der Waals surface area (Å²) in [7, 11) is 1.64. The van der Waals surface area contributed by atoms with Crippen molar-refractivity contribution in [2.24, 2.45) is 0 Å². The van der Waals surface area contributed by atoms with E-state index in [0.29, 0.717) is 0 Å². The summed E-state index contributed by atoms with van der Waals surface area (Å²) in [5.74, 6) is 0.935. The van der Waals surface area contributed by atoms with Gasteiger partial charge in [0.05, 0.1) is 18.1 Å². The van der Waals surface area contributed by atoms with Gasteiger partial charge in [-0.05, 0) is 42.5 Å². The average Bonchev–Trinajstić information content (AvgIpc) is 2.88. The van der Waals surface area contributed by atoms with E-state index in [1.165, 1.54) is 17.3 Å². The zero-order valence-electron chi connectivity index (χ0n) is 11.7. The van der Waals surface area contributed by atoms with Gasteiger partial charge < -0.3 is 10.5 Å². The second kappa shape index (κ2) is 5.08. The maximum absolute atomic E-state index is 10.9. The van der Waals surface area contributed by atoms with E-state index in [2.05, 4.69) is 11.2 Å². The summed E-state index contributed by atoms with van der Waals surface area (Å²) in [5, 5.41) is 15.0. The lowest BCUT2D eigenvalue weighted by molar-refractivity contribution is -0.384. The molecular weight excluding hydrogens is 272 g/mol. The van der Waals surface area contributed by atoms with Crippen molar-refractivity contribution in [2.45, 2.75) is 25.3 Å². The van der Waals surface area contributed by atoms with Crippen LogP contribution in [0.15, 0.2) is 24.4 Å². The maximum atomic E-state index is 10.9. The number of hydrogen-bond acceptors (Lipinski definition) is 5. The molecule has 1 aromatic heterocycles. The maximum Gasteiger partial charge on any atom is 0.330 e. The molecule has 1 aliphatic rings. The number of hydrogen-bond donors (Lipinski definition) is 1. The molecule has 3 rings (SSSR count). The van der Waals surface area contributed by atoms with Gasteiger partial charge in [0.1, 0.15) is 11.9 Å². The Morgan fingerprint density at radius 1 is 1.48 bits per heavy atom. The first-order chi connectivity index (χ1) is 10.1. The first-order valence-electron chi connectivity index (χ1n) is 6.73. The molecular formula is C14H16N4O3. The molecule has 2 aromatic rings. The first-order valence-corrected chi connectivity index (χ1v) is 6.73. The lowest BCUT2D eigenvalue weighted by Gasteiger charge is -2.25. The lowest BCUT2D eigenvalue weighted by atomic mass is 9.88. The average molecular weight is 288 g/mol. The third kappa shape index (κ3) is 2.31. The fourth-order valence-electron chi connectivity index (χ4n) is 2.84. The Kier molecular flexibility index (Phi) is 3.25. The van der Waals surface area contributed by atoms with E-state index in [0.717, 1.165) is 25.0 Å². The summed E-state index contributed by atoms with van der Waals surface area (Å²) in [4.78, 5) is 10.4. The molecule has 0 bridgehead atoms. The summed E-state index contributed by atoms with van der Waals surface area (Å²) in [5.41, 5.74) is 8.18. The monoisotopic (exact) mass is 288 g/mol. The van der Waals surface area contributed by atoms with Crippen molar-refractivity contribution < 1.29 is 9.66 Å². The van der Waals surface area contributed by atoms with Crippen molar-refractivity contribution in [3.63, 3.8) is 0 Å². The van der Waals surface area contributed by atoms with Crippen molar-refractivity contribution >= 4 is 11.5 Å². The number of methoxy groups -OCH3 is 1. The first kappa shape index (κ1) is 13.4. The molecule has 7 heteroatoms. The second-order valence-corrected chi connectivity index (χ2v) is 5.15.